The van der Waals surface area contributed by atoms with E-state index in [2.05, 4.69) is 5.32 Å². The van der Waals surface area contributed by atoms with Crippen LogP contribution in [-0.2, 0) is 11.2 Å². The molecule has 1 atom stereocenters. The lowest BCUT2D eigenvalue weighted by molar-refractivity contribution is -0.122. The van der Waals surface area contributed by atoms with E-state index in [4.69, 9.17) is 5.73 Å². The van der Waals surface area contributed by atoms with E-state index in [0.29, 0.717) is 12.8 Å². The molecule has 0 aromatic heterocycles. The fraction of sp³-hybridized carbons (Fsp3) is 0.562. The van der Waals surface area contributed by atoms with Crippen molar-refractivity contribution in [1.29, 1.82) is 0 Å². The van der Waals surface area contributed by atoms with E-state index in [1.54, 1.807) is 0 Å². The second kappa shape index (κ2) is 10.4. The minimum atomic E-state index is -0.200. The molecule has 1 aromatic carbocycles. The molecule has 0 unspecified atom stereocenters. The molecule has 0 saturated carbocycles. The summed E-state index contributed by atoms with van der Waals surface area (Å²) in [6.07, 6.45) is 5.21. The first-order chi connectivity index (χ1) is 9.76. The number of hydrogen-bond donors (Lipinski definition) is 3. The van der Waals surface area contributed by atoms with E-state index < -0.39 is 0 Å². The number of amides is 1. The molecule has 4 N–H and O–H groups in total. The van der Waals surface area contributed by atoms with E-state index in [9.17, 15) is 9.90 Å². The zero-order valence-electron chi connectivity index (χ0n) is 12.1. The number of carbonyl (C=O) groups excluding carboxylic acids is 1. The summed E-state index contributed by atoms with van der Waals surface area (Å²) in [4.78, 5) is 11.8. The largest absolute Gasteiger partial charge is 0.394 e. The third kappa shape index (κ3) is 7.26. The Bertz CT molecular complexity index is 368. The third-order valence-corrected chi connectivity index (χ3v) is 3.27. The average Bonchev–Trinajstić information content (AvgIpc) is 2.47. The number of rotatable bonds is 10. The van der Waals surface area contributed by atoms with Crippen molar-refractivity contribution in [3.8, 4) is 0 Å². The quantitative estimate of drug-likeness (QED) is 0.569. The lowest BCUT2D eigenvalue weighted by atomic mass is 10.1. The van der Waals surface area contributed by atoms with Gasteiger partial charge >= 0.3 is 0 Å². The van der Waals surface area contributed by atoms with E-state index in [-0.39, 0.29) is 18.6 Å². The van der Waals surface area contributed by atoms with Crippen molar-refractivity contribution in [2.45, 2.75) is 44.6 Å². The Kier molecular flexibility index (Phi) is 8.67. The lowest BCUT2D eigenvalue weighted by Gasteiger charge is -2.16. The molecule has 0 radical (unpaired) electrons. The maximum absolute atomic E-state index is 11.8. The summed E-state index contributed by atoms with van der Waals surface area (Å²) in [5, 5.41) is 12.2. The molecule has 4 heteroatoms. The first-order valence-electron chi connectivity index (χ1n) is 7.40. The average molecular weight is 278 g/mol. The van der Waals surface area contributed by atoms with Crippen LogP contribution in [0.3, 0.4) is 0 Å². The zero-order valence-corrected chi connectivity index (χ0v) is 12.1. The highest BCUT2D eigenvalue weighted by Crippen LogP contribution is 2.05. The number of hydrogen-bond acceptors (Lipinski definition) is 3. The minimum Gasteiger partial charge on any atom is -0.394 e. The maximum atomic E-state index is 11.8. The highest BCUT2D eigenvalue weighted by molar-refractivity contribution is 5.76. The van der Waals surface area contributed by atoms with Crippen LogP contribution in [0.4, 0.5) is 0 Å². The van der Waals surface area contributed by atoms with Gasteiger partial charge in [0.2, 0.25) is 5.91 Å². The fourth-order valence-electron chi connectivity index (χ4n) is 2.14. The summed E-state index contributed by atoms with van der Waals surface area (Å²) in [6.45, 7) is 0.684. The molecular formula is C16H26N2O2. The second-order valence-electron chi connectivity index (χ2n) is 5.09. The van der Waals surface area contributed by atoms with Gasteiger partial charge in [-0.1, -0.05) is 43.2 Å². The van der Waals surface area contributed by atoms with E-state index in [1.807, 2.05) is 30.3 Å². The molecule has 0 spiro atoms. The van der Waals surface area contributed by atoms with Crippen molar-refractivity contribution in [3.63, 3.8) is 0 Å². The summed E-state index contributed by atoms with van der Waals surface area (Å²) in [5.74, 6) is 0.0210. The first kappa shape index (κ1) is 16.7. The van der Waals surface area contributed by atoms with E-state index in [0.717, 1.165) is 37.8 Å². The lowest BCUT2D eigenvalue weighted by Crippen LogP contribution is -2.38. The Hall–Kier alpha value is -1.39. The normalized spacial score (nSPS) is 12.1. The summed E-state index contributed by atoms with van der Waals surface area (Å²) in [7, 11) is 0. The molecule has 0 fully saturated rings. The van der Waals surface area contributed by atoms with Gasteiger partial charge in [0.15, 0.2) is 0 Å². The Labute approximate surface area is 121 Å². The van der Waals surface area contributed by atoms with Crippen LogP contribution in [-0.4, -0.2) is 30.2 Å². The predicted octanol–water partition coefficient (Wildman–Crippen LogP) is 1.62. The van der Waals surface area contributed by atoms with Crippen LogP contribution in [0.1, 0.15) is 37.7 Å². The Morgan fingerprint density at radius 2 is 1.85 bits per heavy atom. The van der Waals surface area contributed by atoms with Gasteiger partial charge in [-0.3, -0.25) is 4.79 Å². The molecule has 1 rings (SSSR count). The van der Waals surface area contributed by atoms with Gasteiger partial charge in [-0.05, 0) is 31.4 Å². The van der Waals surface area contributed by atoms with Crippen molar-refractivity contribution in [3.05, 3.63) is 35.9 Å². The smallest absolute Gasteiger partial charge is 0.220 e. The van der Waals surface area contributed by atoms with Crippen LogP contribution in [0.2, 0.25) is 0 Å². The van der Waals surface area contributed by atoms with E-state index in [1.165, 1.54) is 0 Å². The highest BCUT2D eigenvalue weighted by atomic mass is 16.3. The van der Waals surface area contributed by atoms with Gasteiger partial charge in [0, 0.05) is 6.42 Å². The van der Waals surface area contributed by atoms with E-state index >= 15 is 0 Å². The van der Waals surface area contributed by atoms with Crippen molar-refractivity contribution in [1.82, 2.24) is 5.32 Å². The molecule has 0 heterocycles. The predicted molar refractivity (Wildman–Crippen MR) is 81.3 cm³/mol. The number of benzene rings is 1. The van der Waals surface area contributed by atoms with Crippen LogP contribution in [0.15, 0.2) is 30.3 Å². The fourth-order valence-corrected chi connectivity index (χ4v) is 2.14. The maximum Gasteiger partial charge on any atom is 0.220 e. The first-order valence-corrected chi connectivity index (χ1v) is 7.40. The minimum absolute atomic E-state index is 0.0210. The summed E-state index contributed by atoms with van der Waals surface area (Å²) in [5.41, 5.74) is 6.54. The van der Waals surface area contributed by atoms with Gasteiger partial charge in [0.1, 0.15) is 0 Å². The molecule has 0 saturated heterocycles. The standard InChI is InChI=1S/C16H26N2O2/c17-11-7-2-1-6-10-16(20)18-15(13-19)12-14-8-4-3-5-9-14/h3-5,8-9,15,19H,1-2,6-7,10-13,17H2,(H,18,20)/t15-/m1/s1. The molecule has 0 aliphatic carbocycles. The highest BCUT2D eigenvalue weighted by Gasteiger charge is 2.11. The molecule has 112 valence electrons. The summed E-state index contributed by atoms with van der Waals surface area (Å²) < 4.78 is 0. The third-order valence-electron chi connectivity index (χ3n) is 3.27. The van der Waals surface area contributed by atoms with Crippen LogP contribution in [0, 0.1) is 0 Å². The number of nitrogens with two attached hydrogens (primary N) is 1. The van der Waals surface area contributed by atoms with Gasteiger partial charge in [-0.2, -0.15) is 0 Å². The number of unbranched alkanes of at least 4 members (excludes halogenated alkanes) is 3. The van der Waals surface area contributed by atoms with Crippen LogP contribution in [0.5, 0.6) is 0 Å². The second-order valence-corrected chi connectivity index (χ2v) is 5.09. The van der Waals surface area contributed by atoms with Gasteiger partial charge in [-0.15, -0.1) is 0 Å². The van der Waals surface area contributed by atoms with Crippen molar-refractivity contribution in [2.75, 3.05) is 13.2 Å². The van der Waals surface area contributed by atoms with Crippen LogP contribution < -0.4 is 11.1 Å². The molecule has 20 heavy (non-hydrogen) atoms. The van der Waals surface area contributed by atoms with Gasteiger partial charge < -0.3 is 16.2 Å². The topological polar surface area (TPSA) is 75.4 Å². The van der Waals surface area contributed by atoms with Crippen molar-refractivity contribution in [2.24, 2.45) is 5.73 Å². The monoisotopic (exact) mass is 278 g/mol. The van der Waals surface area contributed by atoms with Gasteiger partial charge in [0.05, 0.1) is 12.6 Å². The Morgan fingerprint density at radius 1 is 1.15 bits per heavy atom. The molecule has 4 nitrogen and oxygen atoms in total. The number of aliphatic hydroxyl groups is 1. The van der Waals surface area contributed by atoms with Crippen LogP contribution >= 0.6 is 0 Å². The summed E-state index contributed by atoms with van der Waals surface area (Å²) in [6, 6.07) is 9.68. The molecule has 0 bridgehead atoms. The SMILES string of the molecule is NCCCCCCC(=O)N[C@@H](CO)Cc1ccccc1. The molecular weight excluding hydrogens is 252 g/mol. The Morgan fingerprint density at radius 3 is 2.50 bits per heavy atom. The van der Waals surface area contributed by atoms with Gasteiger partial charge in [0.25, 0.3) is 0 Å². The van der Waals surface area contributed by atoms with Crippen LogP contribution in [0.25, 0.3) is 0 Å². The number of carbonyl (C=O) groups is 1. The number of nitrogens with one attached hydrogen (secondary N) is 1. The molecule has 1 aromatic rings. The number of aliphatic hydroxyl groups excluding tert-OH is 1. The molecule has 0 aliphatic rings. The van der Waals surface area contributed by atoms with Crippen molar-refractivity contribution >= 4 is 5.91 Å². The molecule has 0 aliphatic heterocycles. The van der Waals surface area contributed by atoms with Crippen molar-refractivity contribution < 1.29 is 9.90 Å². The zero-order chi connectivity index (χ0) is 14.6. The van der Waals surface area contributed by atoms with Gasteiger partial charge in [-0.25, -0.2) is 0 Å². The molecule has 1 amide bonds. The Balaban J connectivity index is 2.24. The summed E-state index contributed by atoms with van der Waals surface area (Å²) >= 11 is 0.